The molecule has 160 valence electrons. The van der Waals surface area contributed by atoms with Gasteiger partial charge >= 0.3 is 0 Å². The fourth-order valence-electron chi connectivity index (χ4n) is 4.44. The Kier molecular flexibility index (Phi) is 14.0. The molecule has 0 radical (unpaired) electrons. The van der Waals surface area contributed by atoms with E-state index in [9.17, 15) is 9.90 Å². The quantitative estimate of drug-likeness (QED) is 0.280. The molecule has 0 amide bonds. The minimum Gasteiger partial charge on any atom is -0.393 e. The number of hydrogen-bond donors (Lipinski definition) is 1. The van der Waals surface area contributed by atoms with Crippen molar-refractivity contribution >= 4 is 5.78 Å². The Morgan fingerprint density at radius 3 is 2.64 bits per heavy atom. The van der Waals surface area contributed by atoms with E-state index in [1.807, 2.05) is 13.8 Å². The van der Waals surface area contributed by atoms with Gasteiger partial charge < -0.3 is 9.90 Å². The summed E-state index contributed by atoms with van der Waals surface area (Å²) in [5.41, 5.74) is 1.53. The number of carbonyl (C=O) groups is 1. The van der Waals surface area contributed by atoms with Gasteiger partial charge in [0, 0.05) is 6.42 Å². The van der Waals surface area contributed by atoms with Crippen molar-refractivity contribution in [3.05, 3.63) is 36.0 Å². The second kappa shape index (κ2) is 15.7. The summed E-state index contributed by atoms with van der Waals surface area (Å²) in [6, 6.07) is 0. The first-order valence-corrected chi connectivity index (χ1v) is 11.8. The number of ketones is 1. The zero-order valence-electron chi connectivity index (χ0n) is 18.7. The maximum atomic E-state index is 10.9. The molecule has 2 aliphatic rings. The van der Waals surface area contributed by atoms with Crippen LogP contribution < -0.4 is 0 Å². The predicted molar refractivity (Wildman–Crippen MR) is 121 cm³/mol. The molecule has 28 heavy (non-hydrogen) atoms. The molecule has 3 atom stereocenters. The van der Waals surface area contributed by atoms with Crippen molar-refractivity contribution in [2.45, 2.75) is 110 Å². The molecule has 0 aromatic carbocycles. The highest BCUT2D eigenvalue weighted by Gasteiger charge is 2.33. The highest BCUT2D eigenvalue weighted by atomic mass is 16.3. The molecule has 1 unspecified atom stereocenters. The molecule has 0 aliphatic heterocycles. The van der Waals surface area contributed by atoms with E-state index in [1.165, 1.54) is 56.9 Å². The van der Waals surface area contributed by atoms with Gasteiger partial charge in [0.05, 0.1) is 6.10 Å². The molecule has 1 N–H and O–H groups in total. The van der Waals surface area contributed by atoms with Gasteiger partial charge in [0.25, 0.3) is 0 Å². The van der Waals surface area contributed by atoms with Crippen LogP contribution in [-0.2, 0) is 4.79 Å². The summed E-state index contributed by atoms with van der Waals surface area (Å²) in [7, 11) is 0. The molecule has 0 spiro atoms. The average Bonchev–Trinajstić information content (AvgIpc) is 3.06. The Balaban J connectivity index is 0.00000190. The standard InChI is InChI=1S/C24H38O2.C2H6/c1-20(25)12-6-2-3-11-17-23-22(18-19-24(23)26)16-10-5-9-15-21-13-7-4-8-14-21;1-2/h3,7,11,13-14,22-24,26H,2,4-6,8-10,12,15-19H2,1H3;1-2H3/b11-3-;/t22?,23-,24+;/m1./s1. The van der Waals surface area contributed by atoms with E-state index in [-0.39, 0.29) is 11.9 Å². The molecule has 2 nitrogen and oxygen atoms in total. The normalized spacial score (nSPS) is 24.1. The lowest BCUT2D eigenvalue weighted by Crippen LogP contribution is -2.18. The van der Waals surface area contributed by atoms with Crippen LogP contribution >= 0.6 is 0 Å². The van der Waals surface area contributed by atoms with Crippen LogP contribution in [0.3, 0.4) is 0 Å². The molecule has 2 heteroatoms. The largest absolute Gasteiger partial charge is 0.393 e. The smallest absolute Gasteiger partial charge is 0.129 e. The summed E-state index contributed by atoms with van der Waals surface area (Å²) in [6.07, 6.45) is 26.0. The number of aliphatic hydroxyl groups excluding tert-OH is 1. The van der Waals surface area contributed by atoms with Crippen molar-refractivity contribution in [3.8, 4) is 0 Å². The van der Waals surface area contributed by atoms with Crippen molar-refractivity contribution in [1.29, 1.82) is 0 Å². The van der Waals surface area contributed by atoms with Gasteiger partial charge in [-0.05, 0) is 76.5 Å². The van der Waals surface area contributed by atoms with E-state index in [1.54, 1.807) is 6.92 Å². The van der Waals surface area contributed by atoms with Crippen LogP contribution in [-0.4, -0.2) is 17.0 Å². The van der Waals surface area contributed by atoms with Gasteiger partial charge in [-0.1, -0.05) is 69.1 Å². The van der Waals surface area contributed by atoms with E-state index in [2.05, 4.69) is 30.4 Å². The van der Waals surface area contributed by atoms with Crippen molar-refractivity contribution in [3.63, 3.8) is 0 Å². The summed E-state index contributed by atoms with van der Waals surface area (Å²) in [4.78, 5) is 10.9. The Hall–Kier alpha value is -1.15. The Bertz CT molecular complexity index is 501. The first-order chi connectivity index (χ1) is 13.7. The Morgan fingerprint density at radius 1 is 1.11 bits per heavy atom. The summed E-state index contributed by atoms with van der Waals surface area (Å²) >= 11 is 0. The van der Waals surface area contributed by atoms with E-state index in [0.717, 1.165) is 25.7 Å². The second-order valence-corrected chi connectivity index (χ2v) is 8.23. The van der Waals surface area contributed by atoms with Gasteiger partial charge in [-0.2, -0.15) is 0 Å². The van der Waals surface area contributed by atoms with Crippen LogP contribution in [0.25, 0.3) is 0 Å². The molecule has 0 heterocycles. The number of hydrogen-bond acceptors (Lipinski definition) is 2. The molecule has 1 fully saturated rings. The van der Waals surface area contributed by atoms with Gasteiger partial charge in [0.2, 0.25) is 0 Å². The molecule has 1 saturated carbocycles. The minimum absolute atomic E-state index is 0.112. The van der Waals surface area contributed by atoms with E-state index < -0.39 is 0 Å². The summed E-state index contributed by atoms with van der Waals surface area (Å²) in [5, 5.41) is 10.3. The molecule has 2 aliphatic carbocycles. The number of allylic oxidation sites excluding steroid dienone is 6. The molecule has 2 rings (SSSR count). The zero-order chi connectivity index (χ0) is 20.6. The molecule has 0 aromatic rings. The van der Waals surface area contributed by atoms with Crippen LogP contribution in [0.2, 0.25) is 0 Å². The first-order valence-electron chi connectivity index (χ1n) is 11.8. The van der Waals surface area contributed by atoms with Crippen LogP contribution in [0, 0.1) is 11.8 Å². The van der Waals surface area contributed by atoms with E-state index in [4.69, 9.17) is 0 Å². The van der Waals surface area contributed by atoms with Crippen LogP contribution in [0.5, 0.6) is 0 Å². The molecule has 0 bridgehead atoms. The van der Waals surface area contributed by atoms with E-state index in [0.29, 0.717) is 18.3 Å². The van der Waals surface area contributed by atoms with Crippen molar-refractivity contribution in [2.75, 3.05) is 0 Å². The third-order valence-electron chi connectivity index (χ3n) is 6.02. The number of rotatable bonds is 12. The third kappa shape index (κ3) is 10.4. The highest BCUT2D eigenvalue weighted by molar-refractivity contribution is 5.75. The average molecular weight is 389 g/mol. The number of aliphatic hydroxyl groups is 1. The molecule has 0 aromatic heterocycles. The van der Waals surface area contributed by atoms with Crippen molar-refractivity contribution in [2.24, 2.45) is 11.8 Å². The van der Waals surface area contributed by atoms with Gasteiger partial charge in [-0.25, -0.2) is 0 Å². The van der Waals surface area contributed by atoms with Crippen LogP contribution in [0.1, 0.15) is 104 Å². The fraction of sp³-hybridized carbons (Fsp3) is 0.731. The monoisotopic (exact) mass is 388 g/mol. The Morgan fingerprint density at radius 2 is 1.93 bits per heavy atom. The second-order valence-electron chi connectivity index (χ2n) is 8.23. The number of unbranched alkanes of at least 4 members (excludes halogenated alkanes) is 3. The lowest BCUT2D eigenvalue weighted by molar-refractivity contribution is -0.117. The summed E-state index contributed by atoms with van der Waals surface area (Å²) in [6.45, 7) is 5.66. The maximum absolute atomic E-state index is 10.9. The van der Waals surface area contributed by atoms with Gasteiger partial charge in [0.1, 0.15) is 5.78 Å². The summed E-state index contributed by atoms with van der Waals surface area (Å²) < 4.78 is 0. The van der Waals surface area contributed by atoms with Gasteiger partial charge in [-0.3, -0.25) is 0 Å². The van der Waals surface area contributed by atoms with Crippen molar-refractivity contribution in [1.82, 2.24) is 0 Å². The van der Waals surface area contributed by atoms with Gasteiger partial charge in [-0.15, -0.1) is 0 Å². The fourth-order valence-corrected chi connectivity index (χ4v) is 4.44. The topological polar surface area (TPSA) is 37.3 Å². The first kappa shape index (κ1) is 24.9. The van der Waals surface area contributed by atoms with Crippen molar-refractivity contribution < 1.29 is 9.90 Å². The lowest BCUT2D eigenvalue weighted by atomic mass is 9.87. The van der Waals surface area contributed by atoms with Crippen LogP contribution in [0.15, 0.2) is 36.0 Å². The summed E-state index contributed by atoms with van der Waals surface area (Å²) in [5.74, 6) is 1.42. The minimum atomic E-state index is -0.112. The molecule has 0 saturated heterocycles. The predicted octanol–water partition coefficient (Wildman–Crippen LogP) is 7.33. The maximum Gasteiger partial charge on any atom is 0.129 e. The Labute approximate surface area is 174 Å². The third-order valence-corrected chi connectivity index (χ3v) is 6.02. The number of carbonyl (C=O) groups excluding carboxylic acids is 1. The highest BCUT2D eigenvalue weighted by Crippen LogP contribution is 2.38. The van der Waals surface area contributed by atoms with Gasteiger partial charge in [0.15, 0.2) is 0 Å². The SMILES string of the molecule is CC.CC(=O)CCC/C=C\C[C@@H]1C(CCCCCC2=CCCC=C2)CC[C@@H]1O. The number of Topliss-reactive ketones (excluding diaryl/α,β-unsaturated/α-hetero) is 1. The molecular weight excluding hydrogens is 344 g/mol. The van der Waals surface area contributed by atoms with Crippen LogP contribution in [0.4, 0.5) is 0 Å². The lowest BCUT2D eigenvalue weighted by Gasteiger charge is -2.20. The zero-order valence-corrected chi connectivity index (χ0v) is 18.7. The van der Waals surface area contributed by atoms with E-state index >= 15 is 0 Å². The molecular formula is C26H44O2.